The number of carbonyl (C=O) groups is 1. The molecule has 0 aliphatic heterocycles. The van der Waals surface area contributed by atoms with Crippen molar-refractivity contribution in [3.8, 4) is 0 Å². The molecule has 0 saturated carbocycles. The van der Waals surface area contributed by atoms with Gasteiger partial charge in [0.05, 0.1) is 38.1 Å². The van der Waals surface area contributed by atoms with E-state index in [-0.39, 0.29) is 17.3 Å². The lowest BCUT2D eigenvalue weighted by Gasteiger charge is -2.11. The summed E-state index contributed by atoms with van der Waals surface area (Å²) in [6.07, 6.45) is 0.355. The number of para-hydroxylation sites is 3. The molecule has 0 bridgehead atoms. The number of nitro groups is 1. The Morgan fingerprint density at radius 2 is 1.72 bits per heavy atom. The summed E-state index contributed by atoms with van der Waals surface area (Å²) >= 11 is 7.37. The number of fused-ring (bicyclic) bond motifs is 1. The number of nitrogens with zero attached hydrogens (tertiary/aromatic N) is 3. The topological polar surface area (TPSA) is 98.0 Å². The van der Waals surface area contributed by atoms with Gasteiger partial charge in [-0.3, -0.25) is 14.9 Å². The minimum Gasteiger partial charge on any atom is -0.324 e. The summed E-state index contributed by atoms with van der Waals surface area (Å²) < 4.78 is 0. The van der Waals surface area contributed by atoms with Crippen molar-refractivity contribution in [2.24, 2.45) is 0 Å². The van der Waals surface area contributed by atoms with Crippen molar-refractivity contribution in [2.45, 2.75) is 11.4 Å². The van der Waals surface area contributed by atoms with Crippen molar-refractivity contribution in [3.63, 3.8) is 0 Å². The molecule has 1 heterocycles. The van der Waals surface area contributed by atoms with E-state index in [0.29, 0.717) is 33.4 Å². The molecule has 9 heteroatoms. The predicted octanol–water partition coefficient (Wildman–Crippen LogP) is 5.51. The van der Waals surface area contributed by atoms with Crippen molar-refractivity contribution in [2.75, 3.05) is 11.1 Å². The SMILES string of the molecule is O=C(CSc1nc2ccccc2nc1Cc1cccc([N+](=O)[O-])c1)Nc1ccccc1Cl. The summed E-state index contributed by atoms with van der Waals surface area (Å²) in [5, 5.41) is 15.0. The minimum atomic E-state index is -0.426. The molecule has 32 heavy (non-hydrogen) atoms. The molecule has 3 aromatic carbocycles. The number of rotatable bonds is 7. The molecule has 1 amide bonds. The van der Waals surface area contributed by atoms with Gasteiger partial charge in [-0.05, 0) is 29.8 Å². The quantitative estimate of drug-likeness (QED) is 0.220. The molecule has 7 nitrogen and oxygen atoms in total. The van der Waals surface area contributed by atoms with Gasteiger partial charge in [0.25, 0.3) is 5.69 Å². The van der Waals surface area contributed by atoms with E-state index in [1.165, 1.54) is 23.9 Å². The number of hydrogen-bond donors (Lipinski definition) is 1. The van der Waals surface area contributed by atoms with E-state index in [9.17, 15) is 14.9 Å². The van der Waals surface area contributed by atoms with Crippen LogP contribution in [0.5, 0.6) is 0 Å². The van der Waals surface area contributed by atoms with Gasteiger partial charge in [-0.25, -0.2) is 9.97 Å². The Bertz CT molecular complexity index is 1320. The molecule has 0 spiro atoms. The number of anilines is 1. The van der Waals surface area contributed by atoms with Crippen molar-refractivity contribution in [3.05, 3.63) is 99.2 Å². The van der Waals surface area contributed by atoms with Gasteiger partial charge < -0.3 is 5.32 Å². The highest BCUT2D eigenvalue weighted by molar-refractivity contribution is 8.00. The van der Waals surface area contributed by atoms with Crippen LogP contribution in [-0.4, -0.2) is 26.6 Å². The van der Waals surface area contributed by atoms with Crippen LogP contribution >= 0.6 is 23.4 Å². The maximum Gasteiger partial charge on any atom is 0.269 e. The van der Waals surface area contributed by atoms with Crippen LogP contribution in [0, 0.1) is 10.1 Å². The van der Waals surface area contributed by atoms with Crippen LogP contribution in [0.15, 0.2) is 77.8 Å². The number of thioether (sulfide) groups is 1. The number of amides is 1. The maximum absolute atomic E-state index is 12.5. The lowest BCUT2D eigenvalue weighted by molar-refractivity contribution is -0.384. The Hall–Kier alpha value is -3.49. The monoisotopic (exact) mass is 464 g/mol. The van der Waals surface area contributed by atoms with Gasteiger partial charge in [0, 0.05) is 18.6 Å². The molecule has 0 aliphatic carbocycles. The summed E-state index contributed by atoms with van der Waals surface area (Å²) in [6, 6.07) is 20.9. The largest absolute Gasteiger partial charge is 0.324 e. The first kappa shape index (κ1) is 21.7. The summed E-state index contributed by atoms with van der Waals surface area (Å²) in [5.41, 5.74) is 3.39. The number of nitrogens with one attached hydrogen (secondary N) is 1. The maximum atomic E-state index is 12.5. The van der Waals surface area contributed by atoms with Crippen LogP contribution in [0.25, 0.3) is 11.0 Å². The van der Waals surface area contributed by atoms with Crippen LogP contribution < -0.4 is 5.32 Å². The average Bonchev–Trinajstić information content (AvgIpc) is 2.79. The van der Waals surface area contributed by atoms with Crippen LogP contribution in [0.4, 0.5) is 11.4 Å². The summed E-state index contributed by atoms with van der Waals surface area (Å²) in [5.74, 6) is -0.112. The highest BCUT2D eigenvalue weighted by atomic mass is 35.5. The minimum absolute atomic E-state index is 0.0181. The second-order valence-corrected chi connectivity index (χ2v) is 8.26. The Morgan fingerprint density at radius 1 is 1.00 bits per heavy atom. The number of carbonyl (C=O) groups excluding carboxylic acids is 1. The molecule has 0 atom stereocenters. The van der Waals surface area contributed by atoms with E-state index in [1.54, 1.807) is 30.3 Å². The van der Waals surface area contributed by atoms with E-state index < -0.39 is 4.92 Å². The first-order valence-electron chi connectivity index (χ1n) is 9.66. The molecular formula is C23H17ClN4O3S. The fourth-order valence-electron chi connectivity index (χ4n) is 3.11. The third-order valence-corrected chi connectivity index (χ3v) is 5.92. The summed E-state index contributed by atoms with van der Waals surface area (Å²) in [6.45, 7) is 0. The van der Waals surface area contributed by atoms with Gasteiger partial charge in [0.15, 0.2) is 0 Å². The number of nitro benzene ring substituents is 1. The zero-order valence-corrected chi connectivity index (χ0v) is 18.3. The number of benzene rings is 3. The van der Waals surface area contributed by atoms with Crippen LogP contribution in [0.1, 0.15) is 11.3 Å². The highest BCUT2D eigenvalue weighted by Gasteiger charge is 2.15. The fraction of sp³-hybridized carbons (Fsp3) is 0.0870. The third kappa shape index (κ3) is 5.22. The van der Waals surface area contributed by atoms with Gasteiger partial charge in [-0.2, -0.15) is 0 Å². The lowest BCUT2D eigenvalue weighted by Crippen LogP contribution is -2.14. The van der Waals surface area contributed by atoms with Gasteiger partial charge in [-0.15, -0.1) is 0 Å². The molecule has 4 rings (SSSR count). The van der Waals surface area contributed by atoms with Crippen molar-refractivity contribution in [1.82, 2.24) is 9.97 Å². The number of aromatic nitrogens is 2. The Kier molecular flexibility index (Phi) is 6.63. The molecule has 0 saturated heterocycles. The van der Waals surface area contributed by atoms with E-state index >= 15 is 0 Å². The average molecular weight is 465 g/mol. The molecule has 1 aromatic heterocycles. The Labute approximate surface area is 193 Å². The fourth-order valence-corrected chi connectivity index (χ4v) is 4.08. The number of halogens is 1. The van der Waals surface area contributed by atoms with E-state index in [4.69, 9.17) is 16.6 Å². The van der Waals surface area contributed by atoms with Gasteiger partial charge in [-0.1, -0.05) is 59.8 Å². The molecule has 0 aliphatic rings. The van der Waals surface area contributed by atoms with Crippen molar-refractivity contribution >= 4 is 51.7 Å². The first-order chi connectivity index (χ1) is 15.5. The van der Waals surface area contributed by atoms with Gasteiger partial charge in [0.1, 0.15) is 5.03 Å². The lowest BCUT2D eigenvalue weighted by atomic mass is 10.1. The van der Waals surface area contributed by atoms with Crippen LogP contribution in [0.3, 0.4) is 0 Å². The molecule has 0 fully saturated rings. The number of non-ortho nitro benzene ring substituents is 1. The molecule has 0 radical (unpaired) electrons. The first-order valence-corrected chi connectivity index (χ1v) is 11.0. The molecule has 4 aromatic rings. The normalized spacial score (nSPS) is 10.8. The number of hydrogen-bond acceptors (Lipinski definition) is 6. The second-order valence-electron chi connectivity index (χ2n) is 6.88. The second kappa shape index (κ2) is 9.76. The van der Waals surface area contributed by atoms with Crippen molar-refractivity contribution < 1.29 is 9.72 Å². The molecule has 1 N–H and O–H groups in total. The van der Waals surface area contributed by atoms with E-state index in [0.717, 1.165) is 11.1 Å². The third-order valence-electron chi connectivity index (χ3n) is 4.59. The summed E-state index contributed by atoms with van der Waals surface area (Å²) in [4.78, 5) is 32.6. The molecule has 0 unspecified atom stereocenters. The van der Waals surface area contributed by atoms with Crippen LogP contribution in [-0.2, 0) is 11.2 Å². The van der Waals surface area contributed by atoms with Gasteiger partial charge in [0.2, 0.25) is 5.91 Å². The predicted molar refractivity (Wildman–Crippen MR) is 126 cm³/mol. The van der Waals surface area contributed by atoms with E-state index in [2.05, 4.69) is 10.3 Å². The van der Waals surface area contributed by atoms with Crippen molar-refractivity contribution in [1.29, 1.82) is 0 Å². The molecule has 160 valence electrons. The smallest absolute Gasteiger partial charge is 0.269 e. The zero-order chi connectivity index (χ0) is 22.5. The Balaban J connectivity index is 1.58. The van der Waals surface area contributed by atoms with Gasteiger partial charge >= 0.3 is 0 Å². The zero-order valence-electron chi connectivity index (χ0n) is 16.7. The molecular weight excluding hydrogens is 448 g/mol. The van der Waals surface area contributed by atoms with Crippen LogP contribution in [0.2, 0.25) is 5.02 Å². The Morgan fingerprint density at radius 3 is 2.47 bits per heavy atom. The standard InChI is InChI=1S/C23H17ClN4O3S/c24-17-8-1-2-9-18(17)26-22(29)14-32-23-21(25-19-10-3-4-11-20(19)27-23)13-15-6-5-7-16(12-15)28(30)31/h1-12H,13-14H2,(H,26,29). The van der Waals surface area contributed by atoms with E-state index in [1.807, 2.05) is 30.3 Å². The highest BCUT2D eigenvalue weighted by Crippen LogP contribution is 2.26. The summed E-state index contributed by atoms with van der Waals surface area (Å²) in [7, 11) is 0.